The summed E-state index contributed by atoms with van der Waals surface area (Å²) in [4.78, 5) is 15.8. The Morgan fingerprint density at radius 2 is 2.23 bits per heavy atom. The van der Waals surface area contributed by atoms with E-state index < -0.39 is 5.97 Å². The number of carbonyl (C=O) groups excluding carboxylic acids is 1. The zero-order valence-electron chi connectivity index (χ0n) is 11.4. The lowest BCUT2D eigenvalue weighted by atomic mass is 10.2. The lowest BCUT2D eigenvalue weighted by molar-refractivity contribution is -0.148. The average Bonchev–Trinajstić information content (AvgIpc) is 2.92. The van der Waals surface area contributed by atoms with Gasteiger partial charge in [0.05, 0.1) is 13.1 Å². The van der Waals surface area contributed by atoms with Crippen LogP contribution in [0.15, 0.2) is 36.7 Å². The molecular formula is C14H12Cl2N4O2. The van der Waals surface area contributed by atoms with Crippen molar-refractivity contribution in [3.8, 4) is 11.4 Å². The molecule has 0 spiro atoms. The fourth-order valence-electron chi connectivity index (χ4n) is 1.91. The first-order valence-corrected chi connectivity index (χ1v) is 7.28. The second-order valence-electron chi connectivity index (χ2n) is 4.76. The number of benzene rings is 1. The number of rotatable bonds is 4. The summed E-state index contributed by atoms with van der Waals surface area (Å²) in [5.74, 6) is 0.0897. The number of halogens is 2. The third kappa shape index (κ3) is 3.65. The van der Waals surface area contributed by atoms with E-state index in [0.717, 1.165) is 5.56 Å². The van der Waals surface area contributed by atoms with Gasteiger partial charge in [-0.15, -0.1) is 5.10 Å². The molecule has 6 nitrogen and oxygen atoms in total. The molecule has 0 aliphatic carbocycles. The van der Waals surface area contributed by atoms with Gasteiger partial charge in [0, 0.05) is 22.9 Å². The molecular weight excluding hydrogens is 327 g/mol. The van der Waals surface area contributed by atoms with Crippen LogP contribution in [0, 0.1) is 0 Å². The molecule has 114 valence electrons. The van der Waals surface area contributed by atoms with Crippen molar-refractivity contribution in [3.05, 3.63) is 41.7 Å². The van der Waals surface area contributed by atoms with E-state index in [1.54, 1.807) is 16.6 Å². The topological polar surface area (TPSA) is 60.3 Å². The number of ether oxygens (including phenoxy) is 1. The van der Waals surface area contributed by atoms with Crippen LogP contribution in [0.25, 0.3) is 17.6 Å². The Labute approximate surface area is 137 Å². The predicted octanol–water partition coefficient (Wildman–Crippen LogP) is 2.45. The molecule has 3 rings (SSSR count). The van der Waals surface area contributed by atoms with Gasteiger partial charge in [-0.3, -0.25) is 0 Å². The number of nitrogens with zero attached hydrogens (tertiary/aromatic N) is 4. The van der Waals surface area contributed by atoms with Crippen molar-refractivity contribution in [2.24, 2.45) is 0 Å². The van der Waals surface area contributed by atoms with Crippen LogP contribution in [0.4, 0.5) is 0 Å². The van der Waals surface area contributed by atoms with Crippen molar-refractivity contribution in [2.45, 2.75) is 6.10 Å². The van der Waals surface area contributed by atoms with E-state index in [9.17, 15) is 4.79 Å². The van der Waals surface area contributed by atoms with Crippen molar-refractivity contribution < 1.29 is 9.53 Å². The molecule has 0 unspecified atom stereocenters. The summed E-state index contributed by atoms with van der Waals surface area (Å²) < 4.78 is 8.14. The summed E-state index contributed by atoms with van der Waals surface area (Å²) in [7, 11) is 0. The number of hydrogen-bond donors (Lipinski definition) is 0. The largest absolute Gasteiger partial charge is 0.456 e. The van der Waals surface area contributed by atoms with Gasteiger partial charge in [-0.25, -0.2) is 18.9 Å². The molecule has 1 fully saturated rings. The van der Waals surface area contributed by atoms with Crippen molar-refractivity contribution in [3.63, 3.8) is 0 Å². The van der Waals surface area contributed by atoms with E-state index in [2.05, 4.69) is 10.1 Å². The van der Waals surface area contributed by atoms with Gasteiger partial charge in [0.25, 0.3) is 0 Å². The molecule has 1 aliphatic heterocycles. The summed E-state index contributed by atoms with van der Waals surface area (Å²) >= 11 is 11.6. The number of aromatic nitrogens is 3. The fourth-order valence-corrected chi connectivity index (χ4v) is 2.41. The second-order valence-corrected chi connectivity index (χ2v) is 5.68. The van der Waals surface area contributed by atoms with Crippen LogP contribution >= 0.6 is 23.4 Å². The molecule has 1 aliphatic rings. The van der Waals surface area contributed by atoms with E-state index in [4.69, 9.17) is 28.1 Å². The fraction of sp³-hybridized carbons (Fsp3) is 0.214. The lowest BCUT2D eigenvalue weighted by Crippen LogP contribution is -2.47. The van der Waals surface area contributed by atoms with Crippen molar-refractivity contribution in [2.75, 3.05) is 13.1 Å². The van der Waals surface area contributed by atoms with Crippen LogP contribution in [0.3, 0.4) is 0 Å². The van der Waals surface area contributed by atoms with Crippen LogP contribution in [0.5, 0.6) is 0 Å². The normalized spacial score (nSPS) is 15.9. The summed E-state index contributed by atoms with van der Waals surface area (Å²) in [6.45, 7) is 1.09. The number of hydrogen-bond acceptors (Lipinski definition) is 5. The van der Waals surface area contributed by atoms with Gasteiger partial charge in [0.2, 0.25) is 0 Å². The highest BCUT2D eigenvalue weighted by Crippen LogP contribution is 2.19. The Morgan fingerprint density at radius 1 is 1.41 bits per heavy atom. The van der Waals surface area contributed by atoms with E-state index in [1.165, 1.54) is 23.3 Å². The summed E-state index contributed by atoms with van der Waals surface area (Å²) in [5.41, 5.74) is 0.805. The van der Waals surface area contributed by atoms with Crippen LogP contribution < -0.4 is 0 Å². The molecule has 0 atom stereocenters. The second kappa shape index (κ2) is 6.48. The number of esters is 1. The van der Waals surface area contributed by atoms with Crippen LogP contribution in [0.2, 0.25) is 5.02 Å². The Kier molecular flexibility index (Phi) is 4.42. The Morgan fingerprint density at radius 3 is 2.95 bits per heavy atom. The molecule has 0 amide bonds. The maximum absolute atomic E-state index is 11.6. The van der Waals surface area contributed by atoms with Crippen molar-refractivity contribution in [1.29, 1.82) is 0 Å². The smallest absolute Gasteiger partial charge is 0.332 e. The summed E-state index contributed by atoms with van der Waals surface area (Å²) in [6, 6.07) is 7.23. The van der Waals surface area contributed by atoms with Gasteiger partial charge >= 0.3 is 5.97 Å². The van der Waals surface area contributed by atoms with Gasteiger partial charge in [0.15, 0.2) is 5.82 Å². The van der Waals surface area contributed by atoms with E-state index in [1.807, 2.05) is 12.1 Å². The highest BCUT2D eigenvalue weighted by Gasteiger charge is 2.27. The minimum absolute atomic E-state index is 0.146. The molecule has 2 aromatic rings. The predicted molar refractivity (Wildman–Crippen MR) is 83.1 cm³/mol. The number of carbonyl (C=O) groups is 1. The quantitative estimate of drug-likeness (QED) is 0.486. The summed E-state index contributed by atoms with van der Waals surface area (Å²) in [5, 5.41) is 4.85. The Bertz CT molecular complexity index is 710. The maximum Gasteiger partial charge on any atom is 0.332 e. The Hall–Kier alpha value is -1.89. The van der Waals surface area contributed by atoms with E-state index >= 15 is 0 Å². The zero-order valence-corrected chi connectivity index (χ0v) is 12.9. The molecule has 8 heteroatoms. The Balaban J connectivity index is 1.61. The van der Waals surface area contributed by atoms with Gasteiger partial charge in [0.1, 0.15) is 12.4 Å². The first kappa shape index (κ1) is 15.0. The SMILES string of the molecule is O=C(/C=C/n1cnc(-c2cccc(Cl)c2)n1)OC1CN(Cl)C1. The van der Waals surface area contributed by atoms with Gasteiger partial charge in [-0.2, -0.15) is 0 Å². The molecule has 0 bridgehead atoms. The molecule has 0 radical (unpaired) electrons. The molecule has 2 heterocycles. The van der Waals surface area contributed by atoms with Crippen LogP contribution in [-0.4, -0.2) is 44.3 Å². The molecule has 0 saturated carbocycles. The van der Waals surface area contributed by atoms with Crippen molar-refractivity contribution in [1.82, 2.24) is 19.2 Å². The maximum atomic E-state index is 11.6. The molecule has 1 saturated heterocycles. The monoisotopic (exact) mass is 338 g/mol. The minimum Gasteiger partial charge on any atom is -0.456 e. The van der Waals surface area contributed by atoms with E-state index in [0.29, 0.717) is 23.9 Å². The van der Waals surface area contributed by atoms with E-state index in [-0.39, 0.29) is 6.10 Å². The molecule has 0 N–H and O–H groups in total. The van der Waals surface area contributed by atoms with Crippen molar-refractivity contribution >= 4 is 35.5 Å². The lowest BCUT2D eigenvalue weighted by Gasteiger charge is -2.32. The molecule has 1 aromatic heterocycles. The van der Waals surface area contributed by atoms with Crippen LogP contribution in [0.1, 0.15) is 0 Å². The van der Waals surface area contributed by atoms with Gasteiger partial charge in [-0.05, 0) is 23.9 Å². The third-order valence-electron chi connectivity index (χ3n) is 3.04. The van der Waals surface area contributed by atoms with Gasteiger partial charge in [-0.1, -0.05) is 23.7 Å². The third-order valence-corrected chi connectivity index (χ3v) is 3.55. The average molecular weight is 339 g/mol. The van der Waals surface area contributed by atoms with Crippen LogP contribution in [-0.2, 0) is 9.53 Å². The zero-order chi connectivity index (χ0) is 15.5. The van der Waals surface area contributed by atoms with Gasteiger partial charge < -0.3 is 4.74 Å². The first-order chi connectivity index (χ1) is 10.6. The highest BCUT2D eigenvalue weighted by molar-refractivity contribution is 6.30. The molecule has 1 aromatic carbocycles. The highest BCUT2D eigenvalue weighted by atomic mass is 35.5. The summed E-state index contributed by atoms with van der Waals surface area (Å²) in [6.07, 6.45) is 4.14. The first-order valence-electron chi connectivity index (χ1n) is 6.57. The molecule has 22 heavy (non-hydrogen) atoms. The standard InChI is InChI=1S/C14H12Cl2N4O2/c15-11-3-1-2-10(6-11)14-17-9-20(18-14)5-4-13(21)22-12-7-19(16)8-12/h1-6,9,12H,7-8H2/b5-4+. The minimum atomic E-state index is -0.436.